The van der Waals surface area contributed by atoms with Gasteiger partial charge in [-0.2, -0.15) is 5.10 Å². The van der Waals surface area contributed by atoms with E-state index in [1.165, 1.54) is 6.33 Å². The second-order valence-corrected chi connectivity index (χ2v) is 5.40. The Morgan fingerprint density at radius 3 is 2.88 bits per heavy atom. The van der Waals surface area contributed by atoms with E-state index >= 15 is 0 Å². The van der Waals surface area contributed by atoms with Crippen molar-refractivity contribution in [1.29, 1.82) is 0 Å². The van der Waals surface area contributed by atoms with Crippen LogP contribution in [-0.4, -0.2) is 35.9 Å². The molecule has 7 nitrogen and oxygen atoms in total. The Hall–Kier alpha value is -0.990. The molecule has 0 aliphatic rings. The zero-order chi connectivity index (χ0) is 12.0. The second-order valence-electron chi connectivity index (χ2n) is 3.52. The van der Waals surface area contributed by atoms with E-state index in [4.69, 9.17) is 5.73 Å². The first-order chi connectivity index (χ1) is 7.55. The lowest BCUT2D eigenvalue weighted by atomic mass is 10.3. The summed E-state index contributed by atoms with van der Waals surface area (Å²) >= 11 is 0. The van der Waals surface area contributed by atoms with Gasteiger partial charge >= 0.3 is 0 Å². The van der Waals surface area contributed by atoms with Crippen LogP contribution in [0.3, 0.4) is 0 Å². The highest BCUT2D eigenvalue weighted by atomic mass is 32.2. The molecule has 1 aromatic rings. The average molecular weight is 247 g/mol. The second kappa shape index (κ2) is 5.92. The molecule has 0 saturated carbocycles. The SMILES string of the molecule is CC(NS(=O)(=O)CCCCN)c1ncn[nH]1. The third-order valence-electron chi connectivity index (χ3n) is 2.07. The molecule has 1 unspecified atom stereocenters. The van der Waals surface area contributed by atoms with E-state index in [2.05, 4.69) is 19.9 Å². The molecule has 1 atom stereocenters. The summed E-state index contributed by atoms with van der Waals surface area (Å²) in [5, 5.41) is 6.28. The Morgan fingerprint density at radius 2 is 2.31 bits per heavy atom. The van der Waals surface area contributed by atoms with E-state index in [0.29, 0.717) is 25.2 Å². The van der Waals surface area contributed by atoms with Crippen LogP contribution in [0.1, 0.15) is 31.6 Å². The molecule has 0 amide bonds. The highest BCUT2D eigenvalue weighted by Gasteiger charge is 2.16. The fraction of sp³-hybridized carbons (Fsp3) is 0.750. The van der Waals surface area contributed by atoms with Crippen molar-refractivity contribution in [1.82, 2.24) is 19.9 Å². The normalized spacial score (nSPS) is 13.9. The number of hydrogen-bond acceptors (Lipinski definition) is 5. The molecule has 4 N–H and O–H groups in total. The number of H-pyrrole nitrogens is 1. The molecule has 8 heteroatoms. The van der Waals surface area contributed by atoms with Crippen LogP contribution >= 0.6 is 0 Å². The van der Waals surface area contributed by atoms with Gasteiger partial charge in [0.15, 0.2) is 0 Å². The smallest absolute Gasteiger partial charge is 0.212 e. The maximum absolute atomic E-state index is 11.6. The van der Waals surface area contributed by atoms with Crippen LogP contribution < -0.4 is 10.5 Å². The Bertz CT molecular complexity index is 389. The van der Waals surface area contributed by atoms with E-state index in [1.807, 2.05) is 0 Å². The Balaban J connectivity index is 2.46. The molecule has 1 aromatic heterocycles. The first kappa shape index (κ1) is 13.1. The number of hydrogen-bond donors (Lipinski definition) is 3. The zero-order valence-corrected chi connectivity index (χ0v) is 10.00. The third-order valence-corrected chi connectivity index (χ3v) is 3.61. The monoisotopic (exact) mass is 247 g/mol. The highest BCUT2D eigenvalue weighted by molar-refractivity contribution is 7.89. The molecule has 0 aromatic carbocycles. The molecule has 0 radical (unpaired) electrons. The Morgan fingerprint density at radius 1 is 1.56 bits per heavy atom. The summed E-state index contributed by atoms with van der Waals surface area (Å²) in [6, 6.07) is -0.398. The molecular formula is C8H17N5O2S. The van der Waals surface area contributed by atoms with Gasteiger partial charge in [-0.1, -0.05) is 0 Å². The van der Waals surface area contributed by atoms with Crippen molar-refractivity contribution in [3.05, 3.63) is 12.2 Å². The molecule has 0 aliphatic heterocycles. The van der Waals surface area contributed by atoms with Crippen molar-refractivity contribution < 1.29 is 8.42 Å². The summed E-state index contributed by atoms with van der Waals surface area (Å²) in [6.45, 7) is 2.22. The van der Waals surface area contributed by atoms with Gasteiger partial charge in [-0.15, -0.1) is 0 Å². The van der Waals surface area contributed by atoms with Crippen LogP contribution in [0.4, 0.5) is 0 Å². The van der Waals surface area contributed by atoms with Gasteiger partial charge in [-0.3, -0.25) is 5.10 Å². The molecule has 0 saturated heterocycles. The minimum Gasteiger partial charge on any atom is -0.330 e. The molecule has 1 rings (SSSR count). The van der Waals surface area contributed by atoms with Crippen molar-refractivity contribution >= 4 is 10.0 Å². The van der Waals surface area contributed by atoms with Gasteiger partial charge in [-0.25, -0.2) is 18.1 Å². The molecule has 0 bridgehead atoms. The number of nitrogens with two attached hydrogens (primary N) is 1. The van der Waals surface area contributed by atoms with Crippen LogP contribution in [0.5, 0.6) is 0 Å². The van der Waals surface area contributed by atoms with Crippen LogP contribution in [0.25, 0.3) is 0 Å². The fourth-order valence-electron chi connectivity index (χ4n) is 1.24. The maximum atomic E-state index is 11.6. The zero-order valence-electron chi connectivity index (χ0n) is 9.18. The Labute approximate surface area is 94.9 Å². The lowest BCUT2D eigenvalue weighted by Crippen LogP contribution is -2.30. The molecule has 0 fully saturated rings. The van der Waals surface area contributed by atoms with Crippen molar-refractivity contribution in [2.75, 3.05) is 12.3 Å². The van der Waals surface area contributed by atoms with E-state index in [0.717, 1.165) is 0 Å². The molecule has 0 spiro atoms. The number of sulfonamides is 1. The van der Waals surface area contributed by atoms with Crippen molar-refractivity contribution in [3.63, 3.8) is 0 Å². The predicted octanol–water partition coefficient (Wildman–Crippen LogP) is -0.476. The maximum Gasteiger partial charge on any atom is 0.212 e. The minimum absolute atomic E-state index is 0.0860. The van der Waals surface area contributed by atoms with Crippen molar-refractivity contribution in [3.8, 4) is 0 Å². The van der Waals surface area contributed by atoms with Crippen LogP contribution in [0, 0.1) is 0 Å². The summed E-state index contributed by atoms with van der Waals surface area (Å²) in [5.41, 5.74) is 5.30. The number of nitrogens with one attached hydrogen (secondary N) is 2. The summed E-state index contributed by atoms with van der Waals surface area (Å²) in [7, 11) is -3.27. The standard InChI is InChI=1S/C8H17N5O2S/c1-7(8-10-6-11-12-8)13-16(14,15)5-3-2-4-9/h6-7,13H,2-5,9H2,1H3,(H,10,11,12). The van der Waals surface area contributed by atoms with E-state index in [1.54, 1.807) is 6.92 Å². The van der Waals surface area contributed by atoms with E-state index in [-0.39, 0.29) is 5.75 Å². The number of aromatic nitrogens is 3. The van der Waals surface area contributed by atoms with Gasteiger partial charge in [0.1, 0.15) is 12.2 Å². The third kappa shape index (κ3) is 4.25. The number of rotatable bonds is 7. The predicted molar refractivity (Wildman–Crippen MR) is 60.0 cm³/mol. The lowest BCUT2D eigenvalue weighted by molar-refractivity contribution is 0.557. The highest BCUT2D eigenvalue weighted by Crippen LogP contribution is 2.07. The van der Waals surface area contributed by atoms with Gasteiger partial charge in [0.2, 0.25) is 10.0 Å². The Kier molecular flexibility index (Phi) is 4.84. The summed E-state index contributed by atoms with van der Waals surface area (Å²) < 4.78 is 25.7. The van der Waals surface area contributed by atoms with Crippen LogP contribution in [-0.2, 0) is 10.0 Å². The summed E-state index contributed by atoms with van der Waals surface area (Å²) in [6.07, 6.45) is 2.61. The average Bonchev–Trinajstić information content (AvgIpc) is 2.69. The van der Waals surface area contributed by atoms with Gasteiger partial charge in [0.05, 0.1) is 11.8 Å². The van der Waals surface area contributed by atoms with Crippen molar-refractivity contribution in [2.24, 2.45) is 5.73 Å². The topological polar surface area (TPSA) is 114 Å². The molecule has 0 aliphatic carbocycles. The lowest BCUT2D eigenvalue weighted by Gasteiger charge is -2.11. The van der Waals surface area contributed by atoms with Crippen LogP contribution in [0.15, 0.2) is 6.33 Å². The number of nitrogens with zero attached hydrogens (tertiary/aromatic N) is 2. The summed E-state index contributed by atoms with van der Waals surface area (Å²) in [5.74, 6) is 0.588. The molecule has 92 valence electrons. The fourth-order valence-corrected chi connectivity index (χ4v) is 2.60. The van der Waals surface area contributed by atoms with E-state index < -0.39 is 16.1 Å². The number of unbranched alkanes of at least 4 members (excludes halogenated alkanes) is 1. The largest absolute Gasteiger partial charge is 0.330 e. The molecular weight excluding hydrogens is 230 g/mol. The molecule has 16 heavy (non-hydrogen) atoms. The molecule has 1 heterocycles. The van der Waals surface area contributed by atoms with Gasteiger partial charge < -0.3 is 5.73 Å². The number of aromatic amines is 1. The van der Waals surface area contributed by atoms with Crippen molar-refractivity contribution in [2.45, 2.75) is 25.8 Å². The van der Waals surface area contributed by atoms with Crippen LogP contribution in [0.2, 0.25) is 0 Å². The summed E-state index contributed by atoms with van der Waals surface area (Å²) in [4.78, 5) is 3.88. The van der Waals surface area contributed by atoms with Gasteiger partial charge in [-0.05, 0) is 26.3 Å². The quantitative estimate of drug-likeness (QED) is 0.563. The first-order valence-corrected chi connectivity index (χ1v) is 6.75. The van der Waals surface area contributed by atoms with Gasteiger partial charge in [0, 0.05) is 0 Å². The van der Waals surface area contributed by atoms with E-state index in [9.17, 15) is 8.42 Å². The first-order valence-electron chi connectivity index (χ1n) is 5.10. The minimum atomic E-state index is -3.27. The van der Waals surface area contributed by atoms with Gasteiger partial charge in [0.25, 0.3) is 0 Å².